The number of carbonyl (C=O) groups excluding carboxylic acids is 1. The van der Waals surface area contributed by atoms with Gasteiger partial charge in [-0.3, -0.25) is 9.78 Å². The average molecular weight is 501 g/mol. The smallest absolute Gasteiger partial charge is 0.254 e. The summed E-state index contributed by atoms with van der Waals surface area (Å²) in [5.41, 5.74) is 3.36. The van der Waals surface area contributed by atoms with E-state index in [0.29, 0.717) is 48.9 Å². The highest BCUT2D eigenvalue weighted by Gasteiger charge is 2.19. The lowest BCUT2D eigenvalue weighted by Gasteiger charge is -2.24. The normalized spacial score (nSPS) is 10.6. The largest absolute Gasteiger partial charge is 0.497 e. The molecule has 1 heterocycles. The molecule has 0 spiro atoms. The number of hydrogen-bond donors (Lipinski definition) is 0. The Hall–Kier alpha value is -4.39. The number of rotatable bonds is 11. The van der Waals surface area contributed by atoms with E-state index < -0.39 is 0 Å². The third kappa shape index (κ3) is 7.30. The third-order valence-electron chi connectivity index (χ3n) is 5.85. The van der Waals surface area contributed by atoms with E-state index in [-0.39, 0.29) is 11.7 Å². The minimum absolute atomic E-state index is 0.156. The fourth-order valence-electron chi connectivity index (χ4n) is 3.91. The summed E-state index contributed by atoms with van der Waals surface area (Å²) in [4.78, 5) is 19.5. The molecule has 0 atom stereocenters. The lowest BCUT2D eigenvalue weighted by Crippen LogP contribution is -2.30. The zero-order chi connectivity index (χ0) is 26.0. The molecule has 1 amide bonds. The van der Waals surface area contributed by atoms with Crippen molar-refractivity contribution in [1.82, 2.24) is 9.88 Å². The van der Waals surface area contributed by atoms with Crippen LogP contribution in [0, 0.1) is 5.82 Å². The van der Waals surface area contributed by atoms with Gasteiger partial charge in [-0.15, -0.1) is 0 Å². The molecule has 0 aliphatic carbocycles. The maximum Gasteiger partial charge on any atom is 0.254 e. The molecule has 0 saturated carbocycles. The van der Waals surface area contributed by atoms with Gasteiger partial charge in [0.15, 0.2) is 0 Å². The van der Waals surface area contributed by atoms with Gasteiger partial charge < -0.3 is 19.1 Å². The zero-order valence-electron chi connectivity index (χ0n) is 20.9. The highest BCUT2D eigenvalue weighted by atomic mass is 19.1. The molecule has 37 heavy (non-hydrogen) atoms. The van der Waals surface area contributed by atoms with Crippen molar-refractivity contribution in [3.8, 4) is 17.2 Å². The Morgan fingerprint density at radius 3 is 2.14 bits per heavy atom. The molecule has 1 aromatic heterocycles. The Morgan fingerprint density at radius 2 is 1.46 bits per heavy atom. The van der Waals surface area contributed by atoms with Gasteiger partial charge in [0.25, 0.3) is 5.91 Å². The molecule has 3 aromatic carbocycles. The number of carbonyl (C=O) groups is 1. The van der Waals surface area contributed by atoms with Crippen LogP contribution in [0.4, 0.5) is 4.39 Å². The Labute approximate surface area is 216 Å². The lowest BCUT2D eigenvalue weighted by molar-refractivity contribution is 0.0729. The topological polar surface area (TPSA) is 60.9 Å². The fourth-order valence-corrected chi connectivity index (χ4v) is 3.91. The first-order chi connectivity index (χ1) is 18.0. The molecule has 190 valence electrons. The molecule has 6 nitrogen and oxygen atoms in total. The number of nitrogens with zero attached hydrogens (tertiary/aromatic N) is 2. The molecule has 0 radical (unpaired) electrons. The SMILES string of the molecule is COc1cc(OC)cc(C(=O)N(Cc2ccncc2)Cc2cccc(OCCc3ccc(F)cc3)c2)c1. The second kappa shape index (κ2) is 12.5. The van der Waals surface area contributed by atoms with E-state index >= 15 is 0 Å². The Bertz CT molecular complexity index is 1290. The van der Waals surface area contributed by atoms with Gasteiger partial charge in [-0.25, -0.2) is 4.39 Å². The van der Waals surface area contributed by atoms with E-state index in [9.17, 15) is 9.18 Å². The van der Waals surface area contributed by atoms with Crippen molar-refractivity contribution in [2.45, 2.75) is 19.5 Å². The molecular weight excluding hydrogens is 471 g/mol. The van der Waals surface area contributed by atoms with Crippen molar-refractivity contribution in [3.63, 3.8) is 0 Å². The number of pyridine rings is 1. The number of hydrogen-bond acceptors (Lipinski definition) is 5. The van der Waals surface area contributed by atoms with Crippen LogP contribution in [-0.4, -0.2) is 36.6 Å². The van der Waals surface area contributed by atoms with Crippen molar-refractivity contribution >= 4 is 5.91 Å². The quantitative estimate of drug-likeness (QED) is 0.264. The van der Waals surface area contributed by atoms with Crippen molar-refractivity contribution in [2.75, 3.05) is 20.8 Å². The first kappa shape index (κ1) is 25.7. The predicted octanol–water partition coefficient (Wildman–Crippen LogP) is 5.70. The number of methoxy groups -OCH3 is 2. The summed E-state index contributed by atoms with van der Waals surface area (Å²) in [5, 5.41) is 0. The standard InChI is InChI=1S/C30H29FN2O4/c1-35-28-17-25(18-29(19-28)36-2)30(34)33(20-23-10-13-32-14-11-23)21-24-4-3-5-27(16-24)37-15-12-22-6-8-26(31)9-7-22/h3-11,13-14,16-19H,12,15,20-21H2,1-2H3. The van der Waals surface area contributed by atoms with Gasteiger partial charge in [0.1, 0.15) is 23.1 Å². The summed E-state index contributed by atoms with van der Waals surface area (Å²) in [6.07, 6.45) is 4.08. The third-order valence-corrected chi connectivity index (χ3v) is 5.85. The molecule has 0 unspecified atom stereocenters. The van der Waals surface area contributed by atoms with Gasteiger partial charge in [0.05, 0.1) is 20.8 Å². The first-order valence-corrected chi connectivity index (χ1v) is 11.9. The van der Waals surface area contributed by atoms with Gasteiger partial charge in [0, 0.05) is 43.5 Å². The molecule has 7 heteroatoms. The number of halogens is 1. The Kier molecular flexibility index (Phi) is 8.70. The summed E-state index contributed by atoms with van der Waals surface area (Å²) < 4.78 is 29.8. The van der Waals surface area contributed by atoms with Crippen LogP contribution in [0.15, 0.2) is 91.3 Å². The van der Waals surface area contributed by atoms with E-state index in [2.05, 4.69) is 4.98 Å². The maximum absolute atomic E-state index is 13.7. The molecule has 0 N–H and O–H groups in total. The van der Waals surface area contributed by atoms with E-state index in [1.807, 2.05) is 36.4 Å². The van der Waals surface area contributed by atoms with Gasteiger partial charge in [0.2, 0.25) is 0 Å². The summed E-state index contributed by atoms with van der Waals surface area (Å²) in [6, 6.07) is 23.0. The van der Waals surface area contributed by atoms with Crippen molar-refractivity contribution in [2.24, 2.45) is 0 Å². The molecule has 0 aliphatic heterocycles. The Balaban J connectivity index is 1.51. The molecule has 0 bridgehead atoms. The van der Waals surface area contributed by atoms with E-state index in [1.54, 1.807) is 61.8 Å². The van der Waals surface area contributed by atoms with Crippen LogP contribution in [0.3, 0.4) is 0 Å². The predicted molar refractivity (Wildman–Crippen MR) is 139 cm³/mol. The monoisotopic (exact) mass is 500 g/mol. The number of amides is 1. The minimum atomic E-state index is -0.254. The van der Waals surface area contributed by atoms with Crippen LogP contribution in [0.5, 0.6) is 17.2 Å². The van der Waals surface area contributed by atoms with Crippen LogP contribution in [0.25, 0.3) is 0 Å². The highest BCUT2D eigenvalue weighted by molar-refractivity contribution is 5.95. The Morgan fingerprint density at radius 1 is 0.784 bits per heavy atom. The van der Waals surface area contributed by atoms with Crippen LogP contribution in [-0.2, 0) is 19.5 Å². The lowest BCUT2D eigenvalue weighted by atomic mass is 10.1. The summed E-state index contributed by atoms with van der Waals surface area (Å²) >= 11 is 0. The molecule has 4 aromatic rings. The van der Waals surface area contributed by atoms with Gasteiger partial charge >= 0.3 is 0 Å². The summed E-state index contributed by atoms with van der Waals surface area (Å²) in [6.45, 7) is 1.23. The van der Waals surface area contributed by atoms with Gasteiger partial charge in [-0.05, 0) is 65.2 Å². The zero-order valence-corrected chi connectivity index (χ0v) is 20.9. The van der Waals surface area contributed by atoms with Crippen molar-refractivity contribution in [1.29, 1.82) is 0 Å². The van der Waals surface area contributed by atoms with Crippen molar-refractivity contribution in [3.05, 3.63) is 119 Å². The van der Waals surface area contributed by atoms with Crippen LogP contribution >= 0.6 is 0 Å². The van der Waals surface area contributed by atoms with Gasteiger partial charge in [-0.1, -0.05) is 24.3 Å². The molecule has 0 saturated heterocycles. The van der Waals surface area contributed by atoms with Crippen LogP contribution in [0.2, 0.25) is 0 Å². The maximum atomic E-state index is 13.7. The van der Waals surface area contributed by atoms with E-state index in [1.165, 1.54) is 12.1 Å². The minimum Gasteiger partial charge on any atom is -0.497 e. The van der Waals surface area contributed by atoms with Crippen molar-refractivity contribution < 1.29 is 23.4 Å². The van der Waals surface area contributed by atoms with Crippen LogP contribution in [0.1, 0.15) is 27.0 Å². The molecule has 0 aliphatic rings. The highest BCUT2D eigenvalue weighted by Crippen LogP contribution is 2.25. The first-order valence-electron chi connectivity index (χ1n) is 11.9. The second-order valence-electron chi connectivity index (χ2n) is 8.49. The molecular formula is C30H29FN2O4. The van der Waals surface area contributed by atoms with Crippen LogP contribution < -0.4 is 14.2 Å². The second-order valence-corrected chi connectivity index (χ2v) is 8.49. The average Bonchev–Trinajstić information content (AvgIpc) is 2.94. The summed E-state index contributed by atoms with van der Waals surface area (Å²) in [7, 11) is 3.11. The van der Waals surface area contributed by atoms with E-state index in [0.717, 1.165) is 16.7 Å². The van der Waals surface area contributed by atoms with E-state index in [4.69, 9.17) is 14.2 Å². The number of benzene rings is 3. The van der Waals surface area contributed by atoms with Gasteiger partial charge in [-0.2, -0.15) is 0 Å². The number of ether oxygens (including phenoxy) is 3. The molecule has 0 fully saturated rings. The molecule has 4 rings (SSSR count). The summed E-state index contributed by atoms with van der Waals surface area (Å²) in [5.74, 6) is 1.39. The fraction of sp³-hybridized carbons (Fsp3) is 0.200. The number of aromatic nitrogens is 1.